The Hall–Kier alpha value is -0.0100. The van der Waals surface area contributed by atoms with E-state index in [1.165, 1.54) is 89.9 Å². The molecule has 0 aromatic rings. The second kappa shape index (κ2) is 20.8. The van der Waals surface area contributed by atoms with Crippen molar-refractivity contribution in [3.8, 4) is 0 Å². The number of phosphoric acid groups is 1. The first-order valence-corrected chi connectivity index (χ1v) is 16.5. The number of likely N-dealkylation sites (N-methyl/N-ethyl adjacent to an activating group) is 1. The van der Waals surface area contributed by atoms with Crippen LogP contribution in [0.3, 0.4) is 0 Å². The van der Waals surface area contributed by atoms with Gasteiger partial charge in [-0.2, -0.15) is 0 Å². The molecule has 1 fully saturated rings. The van der Waals surface area contributed by atoms with Gasteiger partial charge in [-0.05, 0) is 19.2 Å². The Morgan fingerprint density at radius 1 is 0.811 bits per heavy atom. The van der Waals surface area contributed by atoms with Crippen LogP contribution >= 0.6 is 7.82 Å². The van der Waals surface area contributed by atoms with Crippen LogP contribution in [-0.4, -0.2) is 75.7 Å². The molecule has 1 N–H and O–H groups in total. The molecule has 4 atom stereocenters. The van der Waals surface area contributed by atoms with Crippen molar-refractivity contribution in [2.75, 3.05) is 60.7 Å². The van der Waals surface area contributed by atoms with Crippen LogP contribution in [0.2, 0.25) is 0 Å². The fourth-order valence-electron chi connectivity index (χ4n) is 4.40. The lowest BCUT2D eigenvalue weighted by Gasteiger charge is -2.29. The van der Waals surface area contributed by atoms with Crippen LogP contribution in [0.15, 0.2) is 0 Å². The summed E-state index contributed by atoms with van der Waals surface area (Å²) < 4.78 is 51.2. The standard InChI is InChI=1S/C29H60NO6P/c1-5-6-7-8-9-10-11-12-13-14-15-16-17-18-19-20-24-33-27-29(22-21-25-34-29)28-36-37(31,32)35-26-23-30(2,3)4/h5-28H2,1-4H3/p+1/i21T,22T,29+2. The van der Waals surface area contributed by atoms with Crippen molar-refractivity contribution >= 4 is 7.82 Å². The van der Waals surface area contributed by atoms with Crippen molar-refractivity contribution in [1.82, 2.24) is 0 Å². The van der Waals surface area contributed by atoms with Gasteiger partial charge in [0.1, 0.15) is 18.8 Å². The summed E-state index contributed by atoms with van der Waals surface area (Å²) in [5.41, 5.74) is -1.23. The zero-order valence-electron chi connectivity index (χ0n) is 26.6. The minimum absolute atomic E-state index is 0.0637. The van der Waals surface area contributed by atoms with E-state index in [0.717, 1.165) is 12.8 Å². The molecule has 0 aromatic carbocycles. The van der Waals surface area contributed by atoms with E-state index in [1.807, 2.05) is 21.1 Å². The number of phosphoric ester groups is 1. The summed E-state index contributed by atoms with van der Waals surface area (Å²) in [6.07, 6.45) is 19.3. The summed E-state index contributed by atoms with van der Waals surface area (Å²) in [5.74, 6) is 0. The molecule has 0 bridgehead atoms. The lowest BCUT2D eigenvalue weighted by atomic mass is 10.0. The van der Waals surface area contributed by atoms with Crippen LogP contribution in [0.1, 0.15) is 125 Å². The highest BCUT2D eigenvalue weighted by atomic mass is 31.2. The molecule has 8 heteroatoms. The van der Waals surface area contributed by atoms with Crippen molar-refractivity contribution in [1.29, 1.82) is 0 Å². The molecule has 0 aromatic heterocycles. The summed E-state index contributed by atoms with van der Waals surface area (Å²) >= 11 is 0. The van der Waals surface area contributed by atoms with E-state index in [2.05, 4.69) is 6.92 Å². The number of hydrogen-bond acceptors (Lipinski definition) is 5. The van der Waals surface area contributed by atoms with E-state index in [1.54, 1.807) is 0 Å². The average molecular weight is 557 g/mol. The minimum atomic E-state index is -4.29. The topological polar surface area (TPSA) is 74.2 Å². The predicted octanol–water partition coefficient (Wildman–Crippen LogP) is 7.65. The fourth-order valence-corrected chi connectivity index (χ4v) is 5.17. The highest BCUT2D eigenvalue weighted by Gasteiger charge is 2.39. The van der Waals surface area contributed by atoms with Gasteiger partial charge in [0.15, 0.2) is 0 Å². The smallest absolute Gasteiger partial charge is 0.378 e. The largest absolute Gasteiger partial charge is 0.472 e. The van der Waals surface area contributed by atoms with Crippen molar-refractivity contribution in [2.24, 2.45) is 0 Å². The van der Waals surface area contributed by atoms with Gasteiger partial charge in [-0.1, -0.05) is 103 Å². The first kappa shape index (κ1) is 31.5. The number of quaternary nitrogens is 1. The van der Waals surface area contributed by atoms with Gasteiger partial charge in [0.2, 0.25) is 0 Å². The molecule has 1 rings (SSSR count). The molecular weight excluding hydrogens is 491 g/mol. The third-order valence-corrected chi connectivity index (χ3v) is 7.83. The summed E-state index contributed by atoms with van der Waals surface area (Å²) in [5, 5.41) is 0. The van der Waals surface area contributed by atoms with Crippen molar-refractivity contribution in [3.05, 3.63) is 0 Å². The van der Waals surface area contributed by atoms with Gasteiger partial charge in [0.25, 0.3) is 0 Å². The molecular formula is C29H61NO6P+. The highest BCUT2D eigenvalue weighted by Crippen LogP contribution is 2.45. The maximum Gasteiger partial charge on any atom is 0.472 e. The summed E-state index contributed by atoms with van der Waals surface area (Å²) in [6, 6.07) is 0. The van der Waals surface area contributed by atoms with E-state index < -0.39 is 26.2 Å². The molecule has 222 valence electrons. The highest BCUT2D eigenvalue weighted by molar-refractivity contribution is 7.47. The molecule has 0 spiro atoms. The molecule has 1 aliphatic heterocycles. The molecule has 1 saturated heterocycles. The van der Waals surface area contributed by atoms with Crippen LogP contribution in [0.25, 0.3) is 0 Å². The molecule has 0 aliphatic carbocycles. The van der Waals surface area contributed by atoms with Crippen LogP contribution in [-0.2, 0) is 23.1 Å². The normalized spacial score (nSPS) is 24.7. The van der Waals surface area contributed by atoms with Crippen LogP contribution in [0, 0.1) is 0 Å². The quantitative estimate of drug-likeness (QED) is 0.0670. The number of unbranched alkanes of at least 4 members (excludes halogenated alkanes) is 15. The second-order valence-electron chi connectivity index (χ2n) is 11.7. The molecule has 0 saturated carbocycles. The Kier molecular flexibility index (Phi) is 17.7. The van der Waals surface area contributed by atoms with Gasteiger partial charge in [0, 0.05) is 16.0 Å². The van der Waals surface area contributed by atoms with Gasteiger partial charge < -0.3 is 18.9 Å². The second-order valence-corrected chi connectivity index (χ2v) is 13.2. The van der Waals surface area contributed by atoms with Gasteiger partial charge >= 0.3 is 7.82 Å². The predicted molar refractivity (Wildman–Crippen MR) is 153 cm³/mol. The van der Waals surface area contributed by atoms with E-state index >= 15 is 0 Å². The van der Waals surface area contributed by atoms with E-state index in [4.69, 9.17) is 21.3 Å². The molecule has 1 aliphatic rings. The lowest BCUT2D eigenvalue weighted by Crippen LogP contribution is -2.39. The summed E-state index contributed by atoms with van der Waals surface area (Å²) in [7, 11) is 1.60. The average Bonchev–Trinajstić information content (AvgIpc) is 3.15. The third kappa shape index (κ3) is 20.5. The van der Waals surface area contributed by atoms with Crippen molar-refractivity contribution < 1.29 is 35.2 Å². The van der Waals surface area contributed by atoms with E-state index in [9.17, 15) is 9.46 Å². The molecule has 0 amide bonds. The molecule has 0 radical (unpaired) electrons. The van der Waals surface area contributed by atoms with Crippen molar-refractivity contribution in [3.63, 3.8) is 0 Å². The van der Waals surface area contributed by atoms with Crippen LogP contribution in [0.5, 0.6) is 0 Å². The monoisotopic (exact) mass is 556 g/mol. The number of hydrogen-bond donors (Lipinski definition) is 1. The zero-order valence-corrected chi connectivity index (χ0v) is 25.5. The maximum absolute atomic E-state index is 12.3. The van der Waals surface area contributed by atoms with Gasteiger partial charge in [-0.15, -0.1) is 0 Å². The summed E-state index contributed by atoms with van der Waals surface area (Å²) in [6.45, 7) is 3.27. The van der Waals surface area contributed by atoms with Crippen LogP contribution in [0.4, 0.5) is 0 Å². The number of nitrogens with zero attached hydrogens (tertiary/aromatic N) is 1. The SMILES string of the molecule is [3H]C1CO[14C](COCCCCCCCCCCCCCCCCCC)(COP(=O)(O)OCC[N+](C)(C)C)C1[3H]. The number of rotatable bonds is 26. The van der Waals surface area contributed by atoms with E-state index in [0.29, 0.717) is 17.6 Å². The summed E-state index contributed by atoms with van der Waals surface area (Å²) in [4.78, 5) is 10.1. The zero-order chi connectivity index (χ0) is 29.0. The lowest BCUT2D eigenvalue weighted by molar-refractivity contribution is -0.870. The Bertz CT molecular complexity index is 654. The fraction of sp³-hybridized carbons (Fsp3) is 1.00. The molecule has 37 heavy (non-hydrogen) atoms. The molecule has 4 unspecified atom stereocenters. The molecule has 7 nitrogen and oxygen atoms in total. The maximum atomic E-state index is 12.3. The Labute approximate surface area is 232 Å². The first-order valence-electron chi connectivity index (χ1n) is 16.2. The number of ether oxygens (including phenoxy) is 2. The minimum Gasteiger partial charge on any atom is -0.378 e. The van der Waals surface area contributed by atoms with Gasteiger partial charge in [-0.3, -0.25) is 9.05 Å². The van der Waals surface area contributed by atoms with Crippen molar-refractivity contribution in [2.45, 2.75) is 128 Å². The first-order chi connectivity index (χ1) is 18.5. The van der Waals surface area contributed by atoms with Gasteiger partial charge in [0.05, 0.1) is 34.4 Å². The molecule has 1 heterocycles. The third-order valence-electron chi connectivity index (χ3n) is 6.87. The van der Waals surface area contributed by atoms with Crippen LogP contribution < -0.4 is 0 Å². The Balaban J connectivity index is 2.12. The van der Waals surface area contributed by atoms with Gasteiger partial charge in [-0.25, -0.2) is 4.57 Å². The van der Waals surface area contributed by atoms with E-state index in [-0.39, 0.29) is 26.4 Å². The Morgan fingerprint density at radius 3 is 1.78 bits per heavy atom. The Morgan fingerprint density at radius 2 is 1.32 bits per heavy atom.